The molecule has 1 aliphatic rings. The highest BCUT2D eigenvalue weighted by molar-refractivity contribution is 7.99. The number of benzene rings is 1. The van der Waals surface area contributed by atoms with E-state index in [-0.39, 0.29) is 6.10 Å². The molecule has 2 nitrogen and oxygen atoms in total. The van der Waals surface area contributed by atoms with Crippen molar-refractivity contribution in [3.05, 3.63) is 34.3 Å². The maximum absolute atomic E-state index is 6.34. The summed E-state index contributed by atoms with van der Waals surface area (Å²) in [6.45, 7) is 6.02. The van der Waals surface area contributed by atoms with Crippen LogP contribution in [0.2, 0.25) is 5.02 Å². The summed E-state index contributed by atoms with van der Waals surface area (Å²) >= 11 is 8.32. The van der Waals surface area contributed by atoms with Gasteiger partial charge in [-0.05, 0) is 37.1 Å². The summed E-state index contributed by atoms with van der Waals surface area (Å²) in [5.41, 5.74) is 2.41. The van der Waals surface area contributed by atoms with Crippen LogP contribution in [0.15, 0.2) is 18.2 Å². The van der Waals surface area contributed by atoms with Crippen molar-refractivity contribution in [3.63, 3.8) is 0 Å². The van der Waals surface area contributed by atoms with E-state index in [1.54, 1.807) is 0 Å². The highest BCUT2D eigenvalue weighted by Crippen LogP contribution is 2.23. The van der Waals surface area contributed by atoms with Gasteiger partial charge in [0, 0.05) is 22.6 Å². The summed E-state index contributed by atoms with van der Waals surface area (Å²) in [4.78, 5) is 0. The largest absolute Gasteiger partial charge is 0.375 e. The average molecular weight is 300 g/mol. The molecule has 2 unspecified atom stereocenters. The first kappa shape index (κ1) is 15.2. The van der Waals surface area contributed by atoms with Crippen molar-refractivity contribution in [1.82, 2.24) is 5.32 Å². The normalized spacial score (nSPS) is 21.3. The molecule has 106 valence electrons. The van der Waals surface area contributed by atoms with Gasteiger partial charge >= 0.3 is 0 Å². The van der Waals surface area contributed by atoms with Crippen molar-refractivity contribution < 1.29 is 4.74 Å². The Morgan fingerprint density at radius 2 is 2.37 bits per heavy atom. The molecule has 1 fully saturated rings. The molecule has 19 heavy (non-hydrogen) atoms. The number of likely N-dealkylation sites (N-methyl/N-ethyl adjacent to an activating group) is 1. The van der Waals surface area contributed by atoms with Crippen LogP contribution in [0.1, 0.15) is 18.1 Å². The minimum atomic E-state index is 0.288. The zero-order chi connectivity index (χ0) is 13.7. The smallest absolute Gasteiger partial charge is 0.0821 e. The molecule has 0 bridgehead atoms. The Balaban J connectivity index is 2.06. The van der Waals surface area contributed by atoms with Crippen LogP contribution in [-0.2, 0) is 11.2 Å². The molecular weight excluding hydrogens is 278 g/mol. The van der Waals surface area contributed by atoms with E-state index in [4.69, 9.17) is 16.3 Å². The van der Waals surface area contributed by atoms with Crippen LogP contribution in [-0.4, -0.2) is 36.8 Å². The number of ether oxygens (including phenoxy) is 1. The Morgan fingerprint density at radius 3 is 3.00 bits per heavy atom. The molecule has 2 atom stereocenters. The van der Waals surface area contributed by atoms with Gasteiger partial charge in [0.2, 0.25) is 0 Å². The lowest BCUT2D eigenvalue weighted by Crippen LogP contribution is -2.46. The van der Waals surface area contributed by atoms with Crippen LogP contribution in [0.3, 0.4) is 0 Å². The van der Waals surface area contributed by atoms with E-state index in [9.17, 15) is 0 Å². The van der Waals surface area contributed by atoms with Crippen molar-refractivity contribution in [2.45, 2.75) is 32.4 Å². The summed E-state index contributed by atoms with van der Waals surface area (Å²) in [6.07, 6.45) is 1.22. The van der Waals surface area contributed by atoms with Crippen molar-refractivity contribution in [3.8, 4) is 0 Å². The van der Waals surface area contributed by atoms with Crippen molar-refractivity contribution >= 4 is 23.4 Å². The van der Waals surface area contributed by atoms with Crippen LogP contribution < -0.4 is 5.32 Å². The Hall–Kier alpha value is -0.220. The van der Waals surface area contributed by atoms with Crippen LogP contribution in [0.4, 0.5) is 0 Å². The molecule has 0 saturated carbocycles. The molecule has 4 heteroatoms. The standard InChI is InChI=1S/C15H22ClNOS/c1-3-17-14(15-10-19-7-6-18-15)9-12-5-4-11(2)8-13(12)16/h4-5,8,14-15,17H,3,6-7,9-10H2,1-2H3. The number of aryl methyl sites for hydroxylation is 1. The Morgan fingerprint density at radius 1 is 1.53 bits per heavy atom. The second-order valence-corrected chi connectivity index (χ2v) is 6.50. The minimum Gasteiger partial charge on any atom is -0.375 e. The maximum atomic E-state index is 6.34. The second kappa shape index (κ2) is 7.53. The van der Waals surface area contributed by atoms with Gasteiger partial charge in [0.05, 0.1) is 12.7 Å². The van der Waals surface area contributed by atoms with Gasteiger partial charge in [0.15, 0.2) is 0 Å². The third-order valence-electron chi connectivity index (χ3n) is 3.41. The van der Waals surface area contributed by atoms with E-state index in [0.717, 1.165) is 36.1 Å². The molecule has 0 aromatic heterocycles. The fourth-order valence-electron chi connectivity index (χ4n) is 2.39. The topological polar surface area (TPSA) is 21.3 Å². The Labute approximate surface area is 125 Å². The lowest BCUT2D eigenvalue weighted by molar-refractivity contribution is 0.0476. The number of hydrogen-bond acceptors (Lipinski definition) is 3. The quantitative estimate of drug-likeness (QED) is 0.901. The van der Waals surface area contributed by atoms with Gasteiger partial charge in [-0.3, -0.25) is 0 Å². The number of hydrogen-bond donors (Lipinski definition) is 1. The number of nitrogens with one attached hydrogen (secondary N) is 1. The molecular formula is C15H22ClNOS. The molecule has 0 amide bonds. The molecule has 2 rings (SSSR count). The van der Waals surface area contributed by atoms with Gasteiger partial charge in [0.1, 0.15) is 0 Å². The molecule has 1 saturated heterocycles. The monoisotopic (exact) mass is 299 g/mol. The fourth-order valence-corrected chi connectivity index (χ4v) is 3.64. The van der Waals surface area contributed by atoms with Gasteiger partial charge in [-0.15, -0.1) is 0 Å². The third-order valence-corrected chi connectivity index (χ3v) is 4.78. The Bertz CT molecular complexity index is 407. The summed E-state index contributed by atoms with van der Waals surface area (Å²) < 4.78 is 5.90. The van der Waals surface area contributed by atoms with E-state index >= 15 is 0 Å². The lowest BCUT2D eigenvalue weighted by atomic mass is 10.0. The van der Waals surface area contributed by atoms with E-state index in [1.165, 1.54) is 11.1 Å². The lowest BCUT2D eigenvalue weighted by Gasteiger charge is -2.31. The zero-order valence-electron chi connectivity index (χ0n) is 11.6. The fraction of sp³-hybridized carbons (Fsp3) is 0.600. The SMILES string of the molecule is CCNC(Cc1ccc(C)cc1Cl)C1CSCCO1. The van der Waals surface area contributed by atoms with Crippen LogP contribution in [0.5, 0.6) is 0 Å². The van der Waals surface area contributed by atoms with Crippen molar-refractivity contribution in [2.75, 3.05) is 24.7 Å². The first-order chi connectivity index (χ1) is 9.20. The molecule has 0 radical (unpaired) electrons. The van der Waals surface area contributed by atoms with Gasteiger partial charge < -0.3 is 10.1 Å². The van der Waals surface area contributed by atoms with Gasteiger partial charge in [0.25, 0.3) is 0 Å². The van der Waals surface area contributed by atoms with E-state index in [0.29, 0.717) is 6.04 Å². The van der Waals surface area contributed by atoms with Crippen LogP contribution >= 0.6 is 23.4 Å². The first-order valence-corrected chi connectivity index (χ1v) is 8.41. The number of rotatable bonds is 5. The highest BCUT2D eigenvalue weighted by Gasteiger charge is 2.24. The molecule has 1 aliphatic heterocycles. The summed E-state index contributed by atoms with van der Waals surface area (Å²) in [6, 6.07) is 6.65. The Kier molecular flexibility index (Phi) is 6.02. The molecule has 0 aliphatic carbocycles. The third kappa shape index (κ3) is 4.38. The van der Waals surface area contributed by atoms with E-state index in [2.05, 4.69) is 31.3 Å². The number of thioether (sulfide) groups is 1. The average Bonchev–Trinajstić information content (AvgIpc) is 2.42. The number of halogens is 1. The van der Waals surface area contributed by atoms with Gasteiger partial charge in [-0.2, -0.15) is 11.8 Å². The maximum Gasteiger partial charge on any atom is 0.0821 e. The van der Waals surface area contributed by atoms with Crippen LogP contribution in [0.25, 0.3) is 0 Å². The molecule has 1 N–H and O–H groups in total. The van der Waals surface area contributed by atoms with E-state index < -0.39 is 0 Å². The predicted octanol–water partition coefficient (Wildman–Crippen LogP) is 3.30. The molecule has 1 aromatic carbocycles. The molecule has 1 heterocycles. The van der Waals surface area contributed by atoms with Crippen molar-refractivity contribution in [2.24, 2.45) is 0 Å². The molecule has 1 aromatic rings. The summed E-state index contributed by atoms with van der Waals surface area (Å²) in [5.74, 6) is 2.18. The van der Waals surface area contributed by atoms with Gasteiger partial charge in [-0.1, -0.05) is 30.7 Å². The highest BCUT2D eigenvalue weighted by atomic mass is 35.5. The van der Waals surface area contributed by atoms with E-state index in [1.807, 2.05) is 17.8 Å². The van der Waals surface area contributed by atoms with Crippen LogP contribution in [0, 0.1) is 6.92 Å². The molecule has 0 spiro atoms. The summed E-state index contributed by atoms with van der Waals surface area (Å²) in [7, 11) is 0. The summed E-state index contributed by atoms with van der Waals surface area (Å²) in [5, 5.41) is 4.41. The zero-order valence-corrected chi connectivity index (χ0v) is 13.2. The predicted molar refractivity (Wildman–Crippen MR) is 84.4 cm³/mol. The minimum absolute atomic E-state index is 0.288. The first-order valence-electron chi connectivity index (χ1n) is 6.88. The van der Waals surface area contributed by atoms with Gasteiger partial charge in [-0.25, -0.2) is 0 Å². The van der Waals surface area contributed by atoms with Crippen molar-refractivity contribution in [1.29, 1.82) is 0 Å². The second-order valence-electron chi connectivity index (χ2n) is 4.95.